The molecule has 2 unspecified atom stereocenters. The molecule has 0 aromatic carbocycles. The van der Waals surface area contributed by atoms with Gasteiger partial charge in [-0.1, -0.05) is 0 Å². The molecule has 1 saturated carbocycles. The van der Waals surface area contributed by atoms with Crippen molar-refractivity contribution >= 4 is 5.97 Å². The first-order chi connectivity index (χ1) is 6.72. The number of alkyl halides is 4. The number of rotatable bonds is 3. The molecule has 1 fully saturated rings. The molecule has 0 saturated heterocycles. The van der Waals surface area contributed by atoms with Crippen LogP contribution in [-0.2, 0) is 4.79 Å². The normalized spacial score (nSPS) is 31.9. The van der Waals surface area contributed by atoms with Gasteiger partial charge in [0.05, 0.1) is 5.92 Å². The summed E-state index contributed by atoms with van der Waals surface area (Å²) in [7, 11) is 0. The third-order valence-electron chi connectivity index (χ3n) is 2.51. The number of nitrogens with one attached hydrogen (secondary N) is 1. The standard InChI is InChI=1S/C8H11F4NO2/c9-7(4-13-8(10,11)12)2-1-5(3-7)6(14)15/h5,13H,1-4H2,(H,14,15). The zero-order valence-electron chi connectivity index (χ0n) is 7.77. The molecule has 1 aliphatic rings. The summed E-state index contributed by atoms with van der Waals surface area (Å²) in [5.41, 5.74) is -2.06. The summed E-state index contributed by atoms with van der Waals surface area (Å²) >= 11 is 0. The monoisotopic (exact) mass is 229 g/mol. The molecule has 0 amide bonds. The molecule has 7 heteroatoms. The lowest BCUT2D eigenvalue weighted by Crippen LogP contribution is -2.42. The van der Waals surface area contributed by atoms with Gasteiger partial charge in [0.25, 0.3) is 0 Å². The third-order valence-corrected chi connectivity index (χ3v) is 2.51. The SMILES string of the molecule is O=C(O)C1CCC(F)(CNC(F)(F)F)C1. The van der Waals surface area contributed by atoms with Gasteiger partial charge in [-0.15, -0.1) is 0 Å². The number of hydrogen-bond acceptors (Lipinski definition) is 2. The molecule has 2 N–H and O–H groups in total. The van der Waals surface area contributed by atoms with Crippen molar-refractivity contribution in [3.63, 3.8) is 0 Å². The van der Waals surface area contributed by atoms with Crippen LogP contribution in [0, 0.1) is 5.92 Å². The molecule has 0 aliphatic heterocycles. The molecule has 1 rings (SSSR count). The Kier molecular flexibility index (Phi) is 3.22. The molecule has 2 atom stereocenters. The summed E-state index contributed by atoms with van der Waals surface area (Å²) in [6, 6.07) is 0. The van der Waals surface area contributed by atoms with Crippen molar-refractivity contribution in [2.45, 2.75) is 31.2 Å². The average molecular weight is 229 g/mol. The van der Waals surface area contributed by atoms with Crippen LogP contribution >= 0.6 is 0 Å². The first-order valence-electron chi connectivity index (χ1n) is 4.45. The Balaban J connectivity index is 2.45. The largest absolute Gasteiger partial charge is 0.481 e. The van der Waals surface area contributed by atoms with Crippen molar-refractivity contribution in [1.29, 1.82) is 0 Å². The van der Waals surface area contributed by atoms with Crippen molar-refractivity contribution in [1.82, 2.24) is 5.32 Å². The average Bonchev–Trinajstić information content (AvgIpc) is 2.45. The van der Waals surface area contributed by atoms with E-state index in [1.807, 2.05) is 0 Å². The van der Waals surface area contributed by atoms with E-state index in [4.69, 9.17) is 5.11 Å². The first kappa shape index (κ1) is 12.2. The molecular formula is C8H11F4NO2. The van der Waals surface area contributed by atoms with Crippen LogP contribution in [0.1, 0.15) is 19.3 Å². The minimum atomic E-state index is -4.62. The van der Waals surface area contributed by atoms with Gasteiger partial charge in [0.1, 0.15) is 5.67 Å². The number of carboxylic acids is 1. The Bertz CT molecular complexity index is 256. The van der Waals surface area contributed by atoms with Crippen molar-refractivity contribution in [3.8, 4) is 0 Å². The van der Waals surface area contributed by atoms with Gasteiger partial charge in [0.15, 0.2) is 0 Å². The van der Waals surface area contributed by atoms with Crippen LogP contribution in [0.2, 0.25) is 0 Å². The van der Waals surface area contributed by atoms with E-state index in [0.717, 1.165) is 5.32 Å². The minimum absolute atomic E-state index is 0.0887. The highest BCUT2D eigenvalue weighted by Gasteiger charge is 2.44. The zero-order valence-corrected chi connectivity index (χ0v) is 7.77. The van der Waals surface area contributed by atoms with Gasteiger partial charge in [-0.3, -0.25) is 4.79 Å². The predicted molar refractivity (Wildman–Crippen MR) is 42.9 cm³/mol. The summed E-state index contributed by atoms with van der Waals surface area (Å²) in [5, 5.41) is 9.66. The van der Waals surface area contributed by atoms with Gasteiger partial charge in [-0.25, -0.2) is 9.71 Å². The number of halogens is 4. The van der Waals surface area contributed by atoms with Crippen LogP contribution in [0.5, 0.6) is 0 Å². The zero-order chi connectivity index (χ0) is 11.7. The third kappa shape index (κ3) is 3.65. The van der Waals surface area contributed by atoms with Crippen molar-refractivity contribution in [2.24, 2.45) is 5.92 Å². The van der Waals surface area contributed by atoms with Gasteiger partial charge in [0.2, 0.25) is 0 Å². The highest BCUT2D eigenvalue weighted by Crippen LogP contribution is 2.37. The predicted octanol–water partition coefficient (Wildman–Crippen LogP) is 1.69. The summed E-state index contributed by atoms with van der Waals surface area (Å²) in [4.78, 5) is 10.5. The Morgan fingerprint density at radius 1 is 1.53 bits per heavy atom. The highest BCUT2D eigenvalue weighted by atomic mass is 19.4. The molecule has 0 spiro atoms. The summed E-state index contributed by atoms with van der Waals surface area (Å²) in [6.45, 7) is -0.875. The molecule has 0 heterocycles. The Morgan fingerprint density at radius 2 is 2.13 bits per heavy atom. The molecule has 1 aliphatic carbocycles. The molecule has 0 aromatic heterocycles. The summed E-state index contributed by atoms with van der Waals surface area (Å²) < 4.78 is 48.8. The lowest BCUT2D eigenvalue weighted by Gasteiger charge is -2.20. The van der Waals surface area contributed by atoms with E-state index in [2.05, 4.69) is 0 Å². The summed E-state index contributed by atoms with van der Waals surface area (Å²) in [5.74, 6) is -2.02. The maximum atomic E-state index is 13.6. The highest BCUT2D eigenvalue weighted by molar-refractivity contribution is 5.70. The van der Waals surface area contributed by atoms with E-state index < -0.39 is 30.4 Å². The van der Waals surface area contributed by atoms with Gasteiger partial charge in [-0.2, -0.15) is 13.2 Å². The molecule has 88 valence electrons. The fourth-order valence-electron chi connectivity index (χ4n) is 1.71. The summed E-state index contributed by atoms with van der Waals surface area (Å²) in [6.07, 6.45) is -5.04. The van der Waals surface area contributed by atoms with E-state index in [9.17, 15) is 22.4 Å². The molecule has 0 radical (unpaired) electrons. The van der Waals surface area contributed by atoms with E-state index in [1.54, 1.807) is 0 Å². The fourth-order valence-corrected chi connectivity index (χ4v) is 1.71. The van der Waals surface area contributed by atoms with Gasteiger partial charge < -0.3 is 5.11 Å². The van der Waals surface area contributed by atoms with Gasteiger partial charge in [0, 0.05) is 6.54 Å². The second-order valence-corrected chi connectivity index (χ2v) is 3.78. The number of carboxylic acid groups (broad SMARTS) is 1. The smallest absolute Gasteiger partial charge is 0.457 e. The van der Waals surface area contributed by atoms with Crippen LogP contribution in [-0.4, -0.2) is 29.6 Å². The first-order valence-corrected chi connectivity index (χ1v) is 4.45. The Hall–Kier alpha value is -0.850. The van der Waals surface area contributed by atoms with Crippen LogP contribution < -0.4 is 5.32 Å². The molecule has 0 aromatic rings. The van der Waals surface area contributed by atoms with Crippen LogP contribution in [0.15, 0.2) is 0 Å². The lowest BCUT2D eigenvalue weighted by atomic mass is 10.0. The van der Waals surface area contributed by atoms with Crippen LogP contribution in [0.3, 0.4) is 0 Å². The van der Waals surface area contributed by atoms with E-state index in [-0.39, 0.29) is 19.3 Å². The lowest BCUT2D eigenvalue weighted by molar-refractivity contribution is -0.162. The van der Waals surface area contributed by atoms with Crippen LogP contribution in [0.25, 0.3) is 0 Å². The maximum Gasteiger partial charge on any atom is 0.457 e. The minimum Gasteiger partial charge on any atom is -0.481 e. The fraction of sp³-hybridized carbons (Fsp3) is 0.875. The van der Waals surface area contributed by atoms with Crippen molar-refractivity contribution in [3.05, 3.63) is 0 Å². The Morgan fingerprint density at radius 3 is 2.53 bits per heavy atom. The molecule has 3 nitrogen and oxygen atoms in total. The van der Waals surface area contributed by atoms with Crippen LogP contribution in [0.4, 0.5) is 17.6 Å². The molecular weight excluding hydrogens is 218 g/mol. The second kappa shape index (κ2) is 3.96. The number of aliphatic carboxylic acids is 1. The molecule has 15 heavy (non-hydrogen) atoms. The number of carbonyl (C=O) groups is 1. The van der Waals surface area contributed by atoms with E-state index in [0.29, 0.717) is 0 Å². The van der Waals surface area contributed by atoms with Crippen molar-refractivity contribution < 1.29 is 27.5 Å². The van der Waals surface area contributed by atoms with E-state index in [1.165, 1.54) is 0 Å². The van der Waals surface area contributed by atoms with Gasteiger partial charge in [-0.05, 0) is 19.3 Å². The topological polar surface area (TPSA) is 49.3 Å². The second-order valence-electron chi connectivity index (χ2n) is 3.78. The maximum absolute atomic E-state index is 13.6. The number of hydrogen-bond donors (Lipinski definition) is 2. The van der Waals surface area contributed by atoms with E-state index >= 15 is 0 Å². The van der Waals surface area contributed by atoms with Gasteiger partial charge >= 0.3 is 12.3 Å². The van der Waals surface area contributed by atoms with Crippen molar-refractivity contribution in [2.75, 3.05) is 6.54 Å². The quantitative estimate of drug-likeness (QED) is 0.572. The molecule has 0 bridgehead atoms. The Labute approximate surface area is 83.5 Å².